The number of hydrogen-bond acceptors (Lipinski definition) is 7. The highest BCUT2D eigenvalue weighted by Gasteiger charge is 2.44. The average molecular weight is 610 g/mol. The molecule has 0 saturated carbocycles. The molecule has 1 saturated heterocycles. The van der Waals surface area contributed by atoms with Crippen molar-refractivity contribution in [3.8, 4) is 21.1 Å². The lowest BCUT2D eigenvalue weighted by atomic mass is 9.72. The molecular weight excluding hydrogens is 570 g/mol. The Kier molecular flexibility index (Phi) is 9.13. The van der Waals surface area contributed by atoms with E-state index in [0.29, 0.717) is 24.2 Å². The molecule has 7 nitrogen and oxygen atoms in total. The molecule has 4 heterocycles. The summed E-state index contributed by atoms with van der Waals surface area (Å²) in [5.74, 6) is 0.614. The summed E-state index contributed by atoms with van der Waals surface area (Å²) in [4.78, 5) is 13.3. The van der Waals surface area contributed by atoms with Crippen LogP contribution in [0.1, 0.15) is 29.7 Å². The number of halogens is 1. The van der Waals surface area contributed by atoms with Crippen molar-refractivity contribution >= 4 is 31.0 Å². The molecule has 1 atom stereocenters. The van der Waals surface area contributed by atoms with Gasteiger partial charge in [-0.2, -0.15) is 0 Å². The van der Waals surface area contributed by atoms with Gasteiger partial charge in [-0.25, -0.2) is 9.67 Å². The molecular formula is C31H40ClN5O2SSi. The fourth-order valence-corrected chi connectivity index (χ4v) is 7.45. The summed E-state index contributed by atoms with van der Waals surface area (Å²) >= 11 is 7.90. The van der Waals surface area contributed by atoms with Crippen LogP contribution in [-0.2, 0) is 17.1 Å². The lowest BCUT2D eigenvalue weighted by molar-refractivity contribution is -0.0102. The van der Waals surface area contributed by atoms with Gasteiger partial charge in [-0.15, -0.1) is 16.4 Å². The van der Waals surface area contributed by atoms with Gasteiger partial charge < -0.3 is 14.7 Å². The fraction of sp³-hybridized carbons (Fsp3) is 0.452. The van der Waals surface area contributed by atoms with E-state index in [1.54, 1.807) is 22.3 Å². The van der Waals surface area contributed by atoms with E-state index in [-0.39, 0.29) is 5.92 Å². The summed E-state index contributed by atoms with van der Waals surface area (Å²) in [6.07, 6.45) is 5.31. The molecule has 0 spiro atoms. The number of piperidine rings is 1. The minimum absolute atomic E-state index is 0.0206. The highest BCUT2D eigenvalue weighted by Crippen LogP contribution is 2.49. The molecule has 41 heavy (non-hydrogen) atoms. The third-order valence-corrected chi connectivity index (χ3v) is 11.0. The zero-order valence-electron chi connectivity index (χ0n) is 24.6. The van der Waals surface area contributed by atoms with E-state index in [0.717, 1.165) is 64.1 Å². The van der Waals surface area contributed by atoms with Gasteiger partial charge in [0.15, 0.2) is 5.82 Å². The Morgan fingerprint density at radius 3 is 2.51 bits per heavy atom. The molecule has 5 rings (SSSR count). The predicted molar refractivity (Wildman–Crippen MR) is 170 cm³/mol. The van der Waals surface area contributed by atoms with E-state index in [2.05, 4.69) is 48.7 Å². The van der Waals surface area contributed by atoms with Crippen molar-refractivity contribution in [2.45, 2.75) is 57.8 Å². The Bertz CT molecular complexity index is 1460. The zero-order chi connectivity index (χ0) is 29.2. The van der Waals surface area contributed by atoms with Gasteiger partial charge in [0.2, 0.25) is 0 Å². The normalized spacial score (nSPS) is 16.7. The van der Waals surface area contributed by atoms with Gasteiger partial charge in [-0.05, 0) is 93.3 Å². The minimum atomic E-state index is -1.24. The maximum atomic E-state index is 12.9. The number of aryl methyl sites for hydroxylation is 1. The molecule has 1 aliphatic heterocycles. The van der Waals surface area contributed by atoms with Gasteiger partial charge in [0.1, 0.15) is 18.7 Å². The van der Waals surface area contributed by atoms with E-state index in [1.807, 2.05) is 43.5 Å². The number of pyridine rings is 1. The molecule has 3 aromatic heterocycles. The van der Waals surface area contributed by atoms with Crippen molar-refractivity contribution in [1.82, 2.24) is 24.6 Å². The Balaban J connectivity index is 1.58. The fourth-order valence-electron chi connectivity index (χ4n) is 5.42. The van der Waals surface area contributed by atoms with Gasteiger partial charge in [-0.1, -0.05) is 43.4 Å². The third kappa shape index (κ3) is 6.98. The predicted octanol–water partition coefficient (Wildman–Crippen LogP) is 6.92. The van der Waals surface area contributed by atoms with Gasteiger partial charge in [-0.3, -0.25) is 4.98 Å². The summed E-state index contributed by atoms with van der Waals surface area (Å²) in [5, 5.41) is 18.4. The first-order chi connectivity index (χ1) is 19.5. The highest BCUT2D eigenvalue weighted by atomic mass is 35.5. The van der Waals surface area contributed by atoms with Gasteiger partial charge in [0, 0.05) is 42.0 Å². The van der Waals surface area contributed by atoms with Crippen molar-refractivity contribution in [3.05, 3.63) is 76.8 Å². The molecule has 0 amide bonds. The zero-order valence-corrected chi connectivity index (χ0v) is 27.2. The summed E-state index contributed by atoms with van der Waals surface area (Å²) < 4.78 is 7.69. The van der Waals surface area contributed by atoms with Crippen LogP contribution in [0.5, 0.6) is 0 Å². The van der Waals surface area contributed by atoms with Crippen molar-refractivity contribution in [2.24, 2.45) is 5.92 Å². The van der Waals surface area contributed by atoms with Crippen LogP contribution >= 0.6 is 22.9 Å². The molecule has 1 unspecified atom stereocenters. The molecule has 218 valence electrons. The highest BCUT2D eigenvalue weighted by molar-refractivity contribution is 7.19. The van der Waals surface area contributed by atoms with Crippen LogP contribution in [0, 0.1) is 12.8 Å². The van der Waals surface area contributed by atoms with Crippen molar-refractivity contribution in [3.63, 3.8) is 0 Å². The SMILES string of the molecule is Cc1cc(-c2cc(C(O)(c3ccc(Cl)cc3)C3CCN(C)CC3)c(-c3ncn(COCC[Si](C)(C)C)n3)s2)ccn1. The number of hydrogen-bond donors (Lipinski definition) is 1. The topological polar surface area (TPSA) is 76.3 Å². The van der Waals surface area contributed by atoms with E-state index in [9.17, 15) is 5.11 Å². The summed E-state index contributed by atoms with van der Waals surface area (Å²) in [5.41, 5.74) is 2.44. The number of likely N-dealkylation sites (tertiary alicyclic amines) is 1. The van der Waals surface area contributed by atoms with Crippen LogP contribution in [0.4, 0.5) is 0 Å². The van der Waals surface area contributed by atoms with E-state index in [4.69, 9.17) is 26.4 Å². The van der Waals surface area contributed by atoms with Crippen molar-refractivity contribution in [1.29, 1.82) is 0 Å². The van der Waals surface area contributed by atoms with Crippen LogP contribution in [0.3, 0.4) is 0 Å². The Morgan fingerprint density at radius 1 is 1.10 bits per heavy atom. The molecule has 10 heteroatoms. The quantitative estimate of drug-likeness (QED) is 0.155. The maximum absolute atomic E-state index is 12.9. The second-order valence-corrected chi connectivity index (χ2v) is 19.5. The van der Waals surface area contributed by atoms with E-state index >= 15 is 0 Å². The lowest BCUT2D eigenvalue weighted by Gasteiger charge is -2.41. The number of aromatic nitrogens is 4. The Hall–Kier alpha value is -2.40. The molecule has 0 bridgehead atoms. The lowest BCUT2D eigenvalue weighted by Crippen LogP contribution is -2.43. The number of benzene rings is 1. The number of ether oxygens (including phenoxy) is 1. The number of aliphatic hydroxyl groups is 1. The first-order valence-electron chi connectivity index (χ1n) is 14.2. The standard InChI is InChI=1S/C31H40ClN5O2SSi/c1-22-18-23(10-13-33-22)28-19-27(29(40-28)30-34-20-37(35-30)21-39-16-17-41(3,4)5)31(38,24-6-8-26(32)9-7-24)25-11-14-36(2)15-12-25/h6-10,13,18-20,25,38H,11-12,14-17,21H2,1-5H3. The Labute approximate surface area is 253 Å². The van der Waals surface area contributed by atoms with Gasteiger partial charge >= 0.3 is 0 Å². The number of rotatable bonds is 10. The van der Waals surface area contributed by atoms with Crippen LogP contribution in [0.2, 0.25) is 30.7 Å². The van der Waals surface area contributed by atoms with Crippen molar-refractivity contribution < 1.29 is 9.84 Å². The Morgan fingerprint density at radius 2 is 1.83 bits per heavy atom. The van der Waals surface area contributed by atoms with E-state index in [1.165, 1.54) is 0 Å². The molecule has 4 aromatic rings. The van der Waals surface area contributed by atoms with Crippen molar-refractivity contribution in [2.75, 3.05) is 26.7 Å². The summed E-state index contributed by atoms with van der Waals surface area (Å²) in [7, 11) is 0.965. The summed E-state index contributed by atoms with van der Waals surface area (Å²) in [6, 6.07) is 15.0. The van der Waals surface area contributed by atoms with Crippen LogP contribution in [-0.4, -0.2) is 64.6 Å². The summed E-state index contributed by atoms with van der Waals surface area (Å²) in [6.45, 7) is 11.9. The number of nitrogens with zero attached hydrogens (tertiary/aromatic N) is 5. The molecule has 1 fully saturated rings. The first kappa shape index (κ1) is 30.1. The maximum Gasteiger partial charge on any atom is 0.191 e. The van der Waals surface area contributed by atoms with E-state index < -0.39 is 13.7 Å². The largest absolute Gasteiger partial charge is 0.380 e. The van der Waals surface area contributed by atoms with Gasteiger partial charge in [0.05, 0.1) is 4.88 Å². The monoisotopic (exact) mass is 609 g/mol. The second-order valence-electron chi connectivity index (χ2n) is 12.3. The number of thiophene rings is 1. The van der Waals surface area contributed by atoms with Crippen LogP contribution in [0.15, 0.2) is 55.0 Å². The van der Waals surface area contributed by atoms with Crippen LogP contribution in [0.25, 0.3) is 21.1 Å². The average Bonchev–Trinajstić information content (AvgIpc) is 3.59. The van der Waals surface area contributed by atoms with Gasteiger partial charge in [0.25, 0.3) is 0 Å². The molecule has 0 radical (unpaired) electrons. The molecule has 1 aliphatic rings. The second kappa shape index (κ2) is 12.4. The molecule has 1 N–H and O–H groups in total. The van der Waals surface area contributed by atoms with Crippen LogP contribution < -0.4 is 0 Å². The third-order valence-electron chi connectivity index (χ3n) is 7.88. The molecule has 0 aliphatic carbocycles. The minimum Gasteiger partial charge on any atom is -0.380 e. The smallest absolute Gasteiger partial charge is 0.191 e. The first-order valence-corrected chi connectivity index (χ1v) is 19.1. The molecule has 1 aromatic carbocycles.